The van der Waals surface area contributed by atoms with Crippen molar-refractivity contribution in [1.29, 1.82) is 0 Å². The fourth-order valence-corrected chi connectivity index (χ4v) is 2.08. The van der Waals surface area contributed by atoms with Gasteiger partial charge in [-0.1, -0.05) is 61.9 Å². The van der Waals surface area contributed by atoms with Crippen LogP contribution in [0.4, 0.5) is 0 Å². The number of hydrogen-bond acceptors (Lipinski definition) is 0. The fourth-order valence-electron chi connectivity index (χ4n) is 2.08. The van der Waals surface area contributed by atoms with Crippen molar-refractivity contribution < 1.29 is 0 Å². The Hall–Kier alpha value is -1.56. The van der Waals surface area contributed by atoms with Crippen LogP contribution >= 0.6 is 0 Å². The second-order valence-corrected chi connectivity index (χ2v) is 4.61. The molecule has 2 rings (SSSR count). The van der Waals surface area contributed by atoms with Crippen molar-refractivity contribution in [3.8, 4) is 11.1 Å². The summed E-state index contributed by atoms with van der Waals surface area (Å²) in [5.41, 5.74) is 6.85. The zero-order valence-electron chi connectivity index (χ0n) is 11.0. The minimum absolute atomic E-state index is 1.10. The lowest BCUT2D eigenvalue weighted by Gasteiger charge is -2.08. The normalized spacial score (nSPS) is 10.5. The Kier molecular flexibility index (Phi) is 3.63. The predicted octanol–water partition coefficient (Wildman–Crippen LogP) is 4.79. The van der Waals surface area contributed by atoms with Gasteiger partial charge >= 0.3 is 0 Å². The molecule has 0 atom stereocenters. The highest BCUT2D eigenvalue weighted by Crippen LogP contribution is 2.23. The minimum atomic E-state index is 1.10. The second kappa shape index (κ2) is 5.18. The molecule has 0 aromatic heterocycles. The average molecular weight is 224 g/mol. The molecule has 2 aromatic rings. The van der Waals surface area contributed by atoms with E-state index in [1.807, 2.05) is 0 Å². The van der Waals surface area contributed by atoms with Gasteiger partial charge in [0.1, 0.15) is 0 Å². The molecule has 0 heteroatoms. The molecule has 0 aliphatic heterocycles. The third-order valence-electron chi connectivity index (χ3n) is 3.25. The number of benzene rings is 2. The molecule has 0 N–H and O–H groups in total. The Morgan fingerprint density at radius 1 is 0.706 bits per heavy atom. The SMILES string of the molecule is CCc1cc(CC)cc(-c2ccc(C)cc2)c1. The van der Waals surface area contributed by atoms with Crippen molar-refractivity contribution in [2.45, 2.75) is 33.6 Å². The average Bonchev–Trinajstić information content (AvgIpc) is 2.39. The largest absolute Gasteiger partial charge is 0.0613 e. The molecule has 0 saturated carbocycles. The number of aryl methyl sites for hydroxylation is 3. The summed E-state index contributed by atoms with van der Waals surface area (Å²) in [4.78, 5) is 0. The van der Waals surface area contributed by atoms with Crippen LogP contribution in [0.2, 0.25) is 0 Å². The first-order valence-corrected chi connectivity index (χ1v) is 6.42. The molecule has 0 bridgehead atoms. The Balaban J connectivity index is 2.46. The molecule has 17 heavy (non-hydrogen) atoms. The molecule has 0 amide bonds. The summed E-state index contributed by atoms with van der Waals surface area (Å²) < 4.78 is 0. The van der Waals surface area contributed by atoms with E-state index in [1.54, 1.807) is 0 Å². The third kappa shape index (κ3) is 2.76. The van der Waals surface area contributed by atoms with E-state index >= 15 is 0 Å². The van der Waals surface area contributed by atoms with Crippen molar-refractivity contribution in [2.24, 2.45) is 0 Å². The molecule has 0 spiro atoms. The molecule has 0 aliphatic rings. The summed E-state index contributed by atoms with van der Waals surface area (Å²) in [6.45, 7) is 6.56. The van der Waals surface area contributed by atoms with E-state index in [2.05, 4.69) is 63.2 Å². The zero-order chi connectivity index (χ0) is 12.3. The summed E-state index contributed by atoms with van der Waals surface area (Å²) in [5, 5.41) is 0. The lowest BCUT2D eigenvalue weighted by Crippen LogP contribution is -1.89. The van der Waals surface area contributed by atoms with Gasteiger partial charge in [-0.05, 0) is 42.0 Å². The highest BCUT2D eigenvalue weighted by Gasteiger charge is 2.01. The van der Waals surface area contributed by atoms with E-state index in [1.165, 1.54) is 27.8 Å². The Bertz CT molecular complexity index is 470. The molecular formula is C17H20. The molecule has 0 radical (unpaired) electrons. The van der Waals surface area contributed by atoms with Gasteiger partial charge in [0.05, 0.1) is 0 Å². The Labute approximate surface area is 104 Å². The van der Waals surface area contributed by atoms with Gasteiger partial charge < -0.3 is 0 Å². The van der Waals surface area contributed by atoms with Crippen LogP contribution in [0.15, 0.2) is 42.5 Å². The molecular weight excluding hydrogens is 204 g/mol. The summed E-state index contributed by atoms with van der Waals surface area (Å²) in [7, 11) is 0. The van der Waals surface area contributed by atoms with Crippen molar-refractivity contribution >= 4 is 0 Å². The standard InChI is InChI=1S/C17H20/c1-4-14-10-15(5-2)12-17(11-14)16-8-6-13(3)7-9-16/h6-12H,4-5H2,1-3H3. The van der Waals surface area contributed by atoms with Crippen molar-refractivity contribution in [3.63, 3.8) is 0 Å². The van der Waals surface area contributed by atoms with E-state index in [0.29, 0.717) is 0 Å². The number of hydrogen-bond donors (Lipinski definition) is 0. The van der Waals surface area contributed by atoms with Crippen LogP contribution in [0.25, 0.3) is 11.1 Å². The summed E-state index contributed by atoms with van der Waals surface area (Å²) >= 11 is 0. The van der Waals surface area contributed by atoms with Crippen LogP contribution in [-0.4, -0.2) is 0 Å². The first-order valence-electron chi connectivity index (χ1n) is 6.42. The molecule has 0 unspecified atom stereocenters. The van der Waals surface area contributed by atoms with Gasteiger partial charge in [-0.2, -0.15) is 0 Å². The first kappa shape index (κ1) is 11.9. The fraction of sp³-hybridized carbons (Fsp3) is 0.294. The van der Waals surface area contributed by atoms with Gasteiger partial charge in [0.2, 0.25) is 0 Å². The smallest absolute Gasteiger partial charge is 0.0179 e. The van der Waals surface area contributed by atoms with Crippen molar-refractivity contribution in [3.05, 3.63) is 59.2 Å². The van der Waals surface area contributed by atoms with E-state index in [9.17, 15) is 0 Å². The lowest BCUT2D eigenvalue weighted by atomic mass is 9.97. The van der Waals surface area contributed by atoms with E-state index < -0.39 is 0 Å². The second-order valence-electron chi connectivity index (χ2n) is 4.61. The van der Waals surface area contributed by atoms with Crippen LogP contribution in [0.5, 0.6) is 0 Å². The predicted molar refractivity (Wildman–Crippen MR) is 75.4 cm³/mol. The van der Waals surface area contributed by atoms with Crippen LogP contribution in [0.1, 0.15) is 30.5 Å². The van der Waals surface area contributed by atoms with Crippen LogP contribution in [0, 0.1) is 6.92 Å². The highest BCUT2D eigenvalue weighted by molar-refractivity contribution is 5.65. The van der Waals surface area contributed by atoms with Gasteiger partial charge in [0.15, 0.2) is 0 Å². The van der Waals surface area contributed by atoms with Gasteiger partial charge in [-0.3, -0.25) is 0 Å². The summed E-state index contributed by atoms with van der Waals surface area (Å²) in [6, 6.07) is 15.7. The Morgan fingerprint density at radius 3 is 1.71 bits per heavy atom. The molecule has 0 heterocycles. The topological polar surface area (TPSA) is 0 Å². The van der Waals surface area contributed by atoms with Crippen molar-refractivity contribution in [1.82, 2.24) is 0 Å². The maximum Gasteiger partial charge on any atom is -0.0179 e. The van der Waals surface area contributed by atoms with E-state index in [0.717, 1.165) is 12.8 Å². The van der Waals surface area contributed by atoms with Gasteiger partial charge in [-0.15, -0.1) is 0 Å². The number of rotatable bonds is 3. The summed E-state index contributed by atoms with van der Waals surface area (Å²) in [6.07, 6.45) is 2.21. The third-order valence-corrected chi connectivity index (χ3v) is 3.25. The highest BCUT2D eigenvalue weighted by atomic mass is 14.1. The van der Waals surface area contributed by atoms with Crippen LogP contribution in [-0.2, 0) is 12.8 Å². The molecule has 0 fully saturated rings. The summed E-state index contributed by atoms with van der Waals surface area (Å²) in [5.74, 6) is 0. The Morgan fingerprint density at radius 2 is 1.24 bits per heavy atom. The van der Waals surface area contributed by atoms with E-state index in [-0.39, 0.29) is 0 Å². The minimum Gasteiger partial charge on any atom is -0.0613 e. The van der Waals surface area contributed by atoms with E-state index in [4.69, 9.17) is 0 Å². The molecule has 0 aliphatic carbocycles. The van der Waals surface area contributed by atoms with Gasteiger partial charge in [0.25, 0.3) is 0 Å². The van der Waals surface area contributed by atoms with Crippen LogP contribution in [0.3, 0.4) is 0 Å². The van der Waals surface area contributed by atoms with Crippen LogP contribution < -0.4 is 0 Å². The van der Waals surface area contributed by atoms with Gasteiger partial charge in [0, 0.05) is 0 Å². The monoisotopic (exact) mass is 224 g/mol. The quantitative estimate of drug-likeness (QED) is 0.703. The zero-order valence-corrected chi connectivity index (χ0v) is 11.0. The molecule has 0 saturated heterocycles. The molecule has 2 aromatic carbocycles. The lowest BCUT2D eigenvalue weighted by molar-refractivity contribution is 1.09. The maximum atomic E-state index is 2.32. The molecule has 88 valence electrons. The van der Waals surface area contributed by atoms with Crippen molar-refractivity contribution in [2.75, 3.05) is 0 Å². The molecule has 0 nitrogen and oxygen atoms in total. The maximum absolute atomic E-state index is 2.32. The van der Waals surface area contributed by atoms with Gasteiger partial charge in [-0.25, -0.2) is 0 Å². The first-order chi connectivity index (χ1) is 8.22.